The van der Waals surface area contributed by atoms with Gasteiger partial charge in [0.05, 0.1) is 5.56 Å². The van der Waals surface area contributed by atoms with Crippen LogP contribution in [0.1, 0.15) is 16.1 Å². The summed E-state index contributed by atoms with van der Waals surface area (Å²) in [6.07, 6.45) is 0. The third-order valence-electron chi connectivity index (χ3n) is 2.17. The molecule has 4 heteroatoms. The van der Waals surface area contributed by atoms with Crippen LogP contribution in [-0.2, 0) is 0 Å². The Hall–Kier alpha value is -1.48. The van der Waals surface area contributed by atoms with Crippen molar-refractivity contribution >= 4 is 27.7 Å². The fraction of sp³-hybridized carbons (Fsp3) is 0.100. The molecule has 2 aromatic rings. The largest absolute Gasteiger partial charge is 0.508 e. The van der Waals surface area contributed by atoms with E-state index in [0.717, 1.165) is 5.52 Å². The van der Waals surface area contributed by atoms with Crippen LogP contribution in [0.15, 0.2) is 18.2 Å². The number of nitrogens with one attached hydrogen (secondary N) is 1. The molecule has 3 nitrogen and oxygen atoms in total. The fourth-order valence-corrected chi connectivity index (χ4v) is 1.81. The van der Waals surface area contributed by atoms with E-state index in [-0.39, 0.29) is 5.75 Å². The van der Waals surface area contributed by atoms with Gasteiger partial charge in [-0.15, -0.1) is 0 Å². The number of rotatable bonds is 1. The second-order valence-electron chi connectivity index (χ2n) is 3.13. The van der Waals surface area contributed by atoms with Gasteiger partial charge in [0.25, 0.3) is 5.24 Å². The molecule has 0 bridgehead atoms. The maximum absolute atomic E-state index is 11.1. The first-order valence-electron chi connectivity index (χ1n) is 4.10. The van der Waals surface area contributed by atoms with E-state index in [0.29, 0.717) is 16.6 Å². The van der Waals surface area contributed by atoms with Gasteiger partial charge in [-0.25, -0.2) is 0 Å². The lowest BCUT2D eigenvalue weighted by Crippen LogP contribution is -1.89. The van der Waals surface area contributed by atoms with Crippen molar-refractivity contribution in [2.24, 2.45) is 0 Å². The predicted octanol–water partition coefficient (Wildman–Crippen LogP) is 2.56. The third-order valence-corrected chi connectivity index (χ3v) is 2.36. The average molecular weight is 210 g/mol. The van der Waals surface area contributed by atoms with Crippen molar-refractivity contribution in [3.8, 4) is 5.75 Å². The average Bonchev–Trinajstić information content (AvgIpc) is 2.40. The SMILES string of the molecule is Cc1[nH]c2ccc(O)cc2c1C(=O)Cl. The van der Waals surface area contributed by atoms with Gasteiger partial charge >= 0.3 is 0 Å². The van der Waals surface area contributed by atoms with Gasteiger partial charge in [-0.2, -0.15) is 0 Å². The first kappa shape index (κ1) is 9.09. The van der Waals surface area contributed by atoms with Crippen LogP contribution in [0, 0.1) is 6.92 Å². The minimum absolute atomic E-state index is 0.121. The number of aromatic nitrogens is 1. The van der Waals surface area contributed by atoms with E-state index in [1.165, 1.54) is 6.07 Å². The van der Waals surface area contributed by atoms with E-state index in [4.69, 9.17) is 11.6 Å². The Kier molecular flexibility index (Phi) is 1.97. The summed E-state index contributed by atoms with van der Waals surface area (Å²) in [4.78, 5) is 14.1. The molecule has 0 fully saturated rings. The minimum Gasteiger partial charge on any atom is -0.508 e. The summed E-state index contributed by atoms with van der Waals surface area (Å²) in [6.45, 7) is 1.77. The molecule has 0 unspecified atom stereocenters. The number of phenolic OH excluding ortho intramolecular Hbond substituents is 1. The number of fused-ring (bicyclic) bond motifs is 1. The van der Waals surface area contributed by atoms with Crippen LogP contribution in [-0.4, -0.2) is 15.3 Å². The van der Waals surface area contributed by atoms with Crippen molar-refractivity contribution in [2.75, 3.05) is 0 Å². The highest BCUT2D eigenvalue weighted by molar-refractivity contribution is 6.68. The van der Waals surface area contributed by atoms with Gasteiger partial charge in [-0.1, -0.05) is 0 Å². The van der Waals surface area contributed by atoms with Crippen LogP contribution >= 0.6 is 11.6 Å². The van der Waals surface area contributed by atoms with Crippen molar-refractivity contribution in [2.45, 2.75) is 6.92 Å². The Morgan fingerprint density at radius 1 is 1.50 bits per heavy atom. The lowest BCUT2D eigenvalue weighted by atomic mass is 10.1. The molecule has 0 saturated carbocycles. The van der Waals surface area contributed by atoms with Crippen LogP contribution in [0.4, 0.5) is 0 Å². The number of hydrogen-bond acceptors (Lipinski definition) is 2. The Morgan fingerprint density at radius 2 is 2.21 bits per heavy atom. The molecule has 0 aliphatic rings. The summed E-state index contributed by atoms with van der Waals surface area (Å²) < 4.78 is 0. The zero-order valence-electron chi connectivity index (χ0n) is 7.47. The first-order chi connectivity index (χ1) is 6.59. The van der Waals surface area contributed by atoms with E-state index >= 15 is 0 Å². The molecule has 0 saturated heterocycles. The standard InChI is InChI=1S/C10H8ClNO2/c1-5-9(10(11)14)7-4-6(13)2-3-8(7)12-5/h2-4,12-13H,1H3. The van der Waals surface area contributed by atoms with Crippen LogP contribution in [0.3, 0.4) is 0 Å². The summed E-state index contributed by atoms with van der Waals surface area (Å²) in [5.41, 5.74) is 1.94. The fourth-order valence-electron chi connectivity index (χ4n) is 1.57. The van der Waals surface area contributed by atoms with Gasteiger partial charge in [-0.3, -0.25) is 4.79 Å². The Bertz CT molecular complexity index is 516. The number of H-pyrrole nitrogens is 1. The predicted molar refractivity (Wildman–Crippen MR) is 54.9 cm³/mol. The summed E-state index contributed by atoms with van der Waals surface area (Å²) in [7, 11) is 0. The van der Waals surface area contributed by atoms with E-state index < -0.39 is 5.24 Å². The molecule has 0 aliphatic carbocycles. The molecule has 1 aromatic heterocycles. The van der Waals surface area contributed by atoms with Crippen LogP contribution in [0.2, 0.25) is 0 Å². The van der Waals surface area contributed by atoms with Crippen molar-refractivity contribution in [3.63, 3.8) is 0 Å². The van der Waals surface area contributed by atoms with Crippen molar-refractivity contribution in [1.29, 1.82) is 0 Å². The number of carbonyl (C=O) groups excluding carboxylic acids is 1. The van der Waals surface area contributed by atoms with Crippen molar-refractivity contribution in [3.05, 3.63) is 29.5 Å². The smallest absolute Gasteiger partial charge is 0.254 e. The van der Waals surface area contributed by atoms with E-state index in [1.807, 2.05) is 0 Å². The van der Waals surface area contributed by atoms with Crippen molar-refractivity contribution < 1.29 is 9.90 Å². The van der Waals surface area contributed by atoms with Gasteiger partial charge < -0.3 is 10.1 Å². The van der Waals surface area contributed by atoms with E-state index in [2.05, 4.69) is 4.98 Å². The monoisotopic (exact) mass is 209 g/mol. The molecule has 0 radical (unpaired) electrons. The molecule has 0 atom stereocenters. The number of hydrogen-bond donors (Lipinski definition) is 2. The number of aryl methyl sites for hydroxylation is 1. The van der Waals surface area contributed by atoms with Gasteiger partial charge in [0.15, 0.2) is 0 Å². The number of phenols is 1. The van der Waals surface area contributed by atoms with Gasteiger partial charge in [0.2, 0.25) is 0 Å². The Balaban J connectivity index is 2.86. The lowest BCUT2D eigenvalue weighted by molar-refractivity contribution is 0.108. The molecule has 2 rings (SSSR count). The molecule has 72 valence electrons. The van der Waals surface area contributed by atoms with Gasteiger partial charge in [0.1, 0.15) is 5.75 Å². The zero-order valence-corrected chi connectivity index (χ0v) is 8.22. The van der Waals surface area contributed by atoms with Crippen LogP contribution in [0.25, 0.3) is 10.9 Å². The second-order valence-corrected chi connectivity index (χ2v) is 3.47. The molecule has 2 N–H and O–H groups in total. The first-order valence-corrected chi connectivity index (χ1v) is 4.48. The zero-order chi connectivity index (χ0) is 10.3. The maximum atomic E-state index is 11.1. The normalized spacial score (nSPS) is 10.7. The Labute approximate surface area is 85.3 Å². The number of benzene rings is 1. The summed E-state index contributed by atoms with van der Waals surface area (Å²) >= 11 is 5.44. The highest BCUT2D eigenvalue weighted by atomic mass is 35.5. The molecule has 1 heterocycles. The summed E-state index contributed by atoms with van der Waals surface area (Å²) in [6, 6.07) is 4.79. The van der Waals surface area contributed by atoms with E-state index in [1.54, 1.807) is 19.1 Å². The number of halogens is 1. The number of carbonyl (C=O) groups is 1. The molecular weight excluding hydrogens is 202 g/mol. The minimum atomic E-state index is -0.514. The third kappa shape index (κ3) is 1.26. The van der Waals surface area contributed by atoms with Crippen LogP contribution < -0.4 is 0 Å². The summed E-state index contributed by atoms with van der Waals surface area (Å²) in [5, 5.41) is 9.42. The summed E-state index contributed by atoms with van der Waals surface area (Å²) in [5.74, 6) is 0.121. The Morgan fingerprint density at radius 3 is 2.86 bits per heavy atom. The van der Waals surface area contributed by atoms with Crippen molar-refractivity contribution in [1.82, 2.24) is 4.98 Å². The molecule has 1 aromatic carbocycles. The topological polar surface area (TPSA) is 53.1 Å². The maximum Gasteiger partial charge on any atom is 0.254 e. The second kappa shape index (κ2) is 3.03. The van der Waals surface area contributed by atoms with Gasteiger partial charge in [-0.05, 0) is 36.7 Å². The highest BCUT2D eigenvalue weighted by Crippen LogP contribution is 2.26. The highest BCUT2D eigenvalue weighted by Gasteiger charge is 2.13. The quantitative estimate of drug-likeness (QED) is 0.710. The molecule has 14 heavy (non-hydrogen) atoms. The molecular formula is C10H8ClNO2. The lowest BCUT2D eigenvalue weighted by Gasteiger charge is -1.94. The van der Waals surface area contributed by atoms with E-state index in [9.17, 15) is 9.90 Å². The number of aromatic amines is 1. The number of aromatic hydroxyl groups is 1. The molecule has 0 spiro atoms. The molecule has 0 amide bonds. The molecule has 0 aliphatic heterocycles. The van der Waals surface area contributed by atoms with Gasteiger partial charge in [0, 0.05) is 16.6 Å². The van der Waals surface area contributed by atoms with Crippen LogP contribution in [0.5, 0.6) is 5.75 Å².